The number of hydrogen-bond acceptors (Lipinski definition) is 5. The van der Waals surface area contributed by atoms with Gasteiger partial charge in [0.15, 0.2) is 5.75 Å². The zero-order chi connectivity index (χ0) is 18.2. The van der Waals surface area contributed by atoms with Crippen LogP contribution in [0.4, 0.5) is 5.69 Å². The second kappa shape index (κ2) is 9.15. The first-order valence-electron chi connectivity index (χ1n) is 7.54. The van der Waals surface area contributed by atoms with E-state index in [4.69, 9.17) is 30.5 Å². The van der Waals surface area contributed by atoms with E-state index in [2.05, 4.69) is 5.32 Å². The number of carbonyl (C=O) groups excluding carboxylic acids is 1. The third kappa shape index (κ3) is 4.78. The molecule has 0 saturated carbocycles. The van der Waals surface area contributed by atoms with E-state index in [1.807, 2.05) is 0 Å². The maximum Gasteiger partial charge on any atom is 0.259 e. The molecule has 2 aromatic rings. The second-order valence-corrected chi connectivity index (χ2v) is 5.39. The molecule has 0 spiro atoms. The lowest BCUT2D eigenvalue weighted by atomic mass is 10.1. The van der Waals surface area contributed by atoms with Gasteiger partial charge >= 0.3 is 0 Å². The lowest BCUT2D eigenvalue weighted by Gasteiger charge is -2.15. The monoisotopic (exact) mass is 365 g/mol. The molecule has 2 aromatic carbocycles. The molecule has 0 radical (unpaired) electrons. The molecule has 0 aromatic heterocycles. The topological polar surface area (TPSA) is 66.0 Å². The fourth-order valence-electron chi connectivity index (χ4n) is 2.16. The van der Waals surface area contributed by atoms with Crippen molar-refractivity contribution in [3.63, 3.8) is 0 Å². The van der Waals surface area contributed by atoms with E-state index in [9.17, 15) is 4.79 Å². The van der Waals surface area contributed by atoms with E-state index >= 15 is 0 Å². The highest BCUT2D eigenvalue weighted by Crippen LogP contribution is 2.34. The highest BCUT2D eigenvalue weighted by Gasteiger charge is 2.17. The van der Waals surface area contributed by atoms with Crippen molar-refractivity contribution in [3.05, 3.63) is 47.0 Å². The molecule has 0 aliphatic rings. The number of anilines is 1. The molecule has 0 bridgehead atoms. The Morgan fingerprint density at radius 1 is 1.08 bits per heavy atom. The molecule has 134 valence electrons. The molecule has 0 saturated heterocycles. The van der Waals surface area contributed by atoms with Crippen LogP contribution in [0.15, 0.2) is 36.4 Å². The molecular weight excluding hydrogens is 346 g/mol. The first kappa shape index (κ1) is 18.9. The Morgan fingerprint density at radius 3 is 2.56 bits per heavy atom. The van der Waals surface area contributed by atoms with Crippen LogP contribution in [0, 0.1) is 0 Å². The zero-order valence-corrected chi connectivity index (χ0v) is 15.1. The fraction of sp³-hybridized carbons (Fsp3) is 0.278. The summed E-state index contributed by atoms with van der Waals surface area (Å²) in [5.74, 6) is 1.00. The predicted molar refractivity (Wildman–Crippen MR) is 96.3 cm³/mol. The van der Waals surface area contributed by atoms with Crippen molar-refractivity contribution < 1.29 is 23.7 Å². The van der Waals surface area contributed by atoms with Gasteiger partial charge in [-0.15, -0.1) is 0 Å². The first-order valence-corrected chi connectivity index (χ1v) is 7.92. The largest absolute Gasteiger partial charge is 0.497 e. The number of benzene rings is 2. The number of nitrogens with one attached hydrogen (secondary N) is 1. The van der Waals surface area contributed by atoms with Gasteiger partial charge in [-0.25, -0.2) is 0 Å². The Balaban J connectivity index is 2.27. The van der Waals surface area contributed by atoms with Gasteiger partial charge in [0.2, 0.25) is 0 Å². The van der Waals surface area contributed by atoms with Crippen molar-refractivity contribution in [2.75, 3.05) is 39.9 Å². The van der Waals surface area contributed by atoms with Gasteiger partial charge in [0.05, 0.1) is 37.1 Å². The summed E-state index contributed by atoms with van der Waals surface area (Å²) in [5.41, 5.74) is 0.795. The van der Waals surface area contributed by atoms with Gasteiger partial charge in [-0.05, 0) is 30.3 Å². The van der Waals surface area contributed by atoms with Crippen LogP contribution >= 0.6 is 11.6 Å². The molecule has 0 aliphatic carbocycles. The van der Waals surface area contributed by atoms with Crippen LogP contribution in [0.25, 0.3) is 0 Å². The highest BCUT2D eigenvalue weighted by atomic mass is 35.5. The minimum absolute atomic E-state index is 0.311. The smallest absolute Gasteiger partial charge is 0.259 e. The molecule has 0 fully saturated rings. The van der Waals surface area contributed by atoms with Gasteiger partial charge in [-0.3, -0.25) is 4.79 Å². The molecule has 1 amide bonds. The van der Waals surface area contributed by atoms with Crippen LogP contribution in [0.1, 0.15) is 10.4 Å². The molecule has 0 atom stereocenters. The van der Waals surface area contributed by atoms with Crippen molar-refractivity contribution in [3.8, 4) is 17.2 Å². The van der Waals surface area contributed by atoms with Crippen LogP contribution < -0.4 is 19.5 Å². The minimum Gasteiger partial charge on any atom is -0.497 e. The number of para-hydroxylation sites is 1. The SMILES string of the molecule is COCCOc1c(Cl)cccc1NC(=O)c1cc(OC)ccc1OC. The summed E-state index contributed by atoms with van der Waals surface area (Å²) in [6.07, 6.45) is 0. The number of rotatable bonds is 8. The Labute approximate surface area is 151 Å². The Bertz CT molecular complexity index is 735. The number of carbonyl (C=O) groups is 1. The van der Waals surface area contributed by atoms with Gasteiger partial charge < -0.3 is 24.3 Å². The van der Waals surface area contributed by atoms with Crippen LogP contribution in [-0.2, 0) is 4.74 Å². The van der Waals surface area contributed by atoms with E-state index in [0.717, 1.165) is 0 Å². The molecule has 0 unspecified atom stereocenters. The predicted octanol–water partition coefficient (Wildman–Crippen LogP) is 3.63. The summed E-state index contributed by atoms with van der Waals surface area (Å²) in [6, 6.07) is 10.1. The normalized spacial score (nSPS) is 10.2. The Hall–Kier alpha value is -2.44. The van der Waals surface area contributed by atoms with Crippen molar-refractivity contribution in [1.29, 1.82) is 0 Å². The fourth-order valence-corrected chi connectivity index (χ4v) is 2.39. The quantitative estimate of drug-likeness (QED) is 0.723. The summed E-state index contributed by atoms with van der Waals surface area (Å²) in [6.45, 7) is 0.716. The standard InChI is InChI=1S/C18H20ClNO5/c1-22-9-10-25-17-14(19)5-4-6-15(17)20-18(21)13-11-12(23-2)7-8-16(13)24-3/h4-8,11H,9-10H2,1-3H3,(H,20,21). The number of halogens is 1. The minimum atomic E-state index is -0.366. The molecule has 7 heteroatoms. The molecule has 25 heavy (non-hydrogen) atoms. The maximum absolute atomic E-state index is 12.7. The van der Waals surface area contributed by atoms with E-state index in [1.54, 1.807) is 43.5 Å². The zero-order valence-electron chi connectivity index (χ0n) is 14.3. The molecule has 1 N–H and O–H groups in total. The summed E-state index contributed by atoms with van der Waals surface area (Å²) >= 11 is 6.18. The number of ether oxygens (including phenoxy) is 4. The van der Waals surface area contributed by atoms with Gasteiger partial charge in [-0.2, -0.15) is 0 Å². The Morgan fingerprint density at radius 2 is 1.88 bits per heavy atom. The van der Waals surface area contributed by atoms with Crippen LogP contribution in [-0.4, -0.2) is 40.5 Å². The Kier molecular flexibility index (Phi) is 6.91. The molecular formula is C18H20ClNO5. The van der Waals surface area contributed by atoms with E-state index in [-0.39, 0.29) is 5.91 Å². The van der Waals surface area contributed by atoms with Crippen LogP contribution in [0.5, 0.6) is 17.2 Å². The van der Waals surface area contributed by atoms with E-state index in [0.29, 0.717) is 46.7 Å². The molecule has 0 heterocycles. The van der Waals surface area contributed by atoms with Crippen molar-refractivity contribution in [2.45, 2.75) is 0 Å². The average Bonchev–Trinajstić information content (AvgIpc) is 2.63. The number of amides is 1. The number of hydrogen-bond donors (Lipinski definition) is 1. The van der Waals surface area contributed by atoms with Crippen LogP contribution in [0.2, 0.25) is 5.02 Å². The average molecular weight is 366 g/mol. The number of methoxy groups -OCH3 is 3. The van der Waals surface area contributed by atoms with Crippen molar-refractivity contribution >= 4 is 23.2 Å². The van der Waals surface area contributed by atoms with Gasteiger partial charge in [0, 0.05) is 7.11 Å². The third-order valence-electron chi connectivity index (χ3n) is 3.40. The van der Waals surface area contributed by atoms with Gasteiger partial charge in [0.1, 0.15) is 18.1 Å². The summed E-state index contributed by atoms with van der Waals surface area (Å²) in [4.78, 5) is 12.7. The first-order chi connectivity index (χ1) is 12.1. The van der Waals surface area contributed by atoms with Gasteiger partial charge in [-0.1, -0.05) is 17.7 Å². The van der Waals surface area contributed by atoms with E-state index < -0.39 is 0 Å². The third-order valence-corrected chi connectivity index (χ3v) is 3.70. The molecule has 6 nitrogen and oxygen atoms in total. The molecule has 2 rings (SSSR count). The second-order valence-electron chi connectivity index (χ2n) is 4.98. The summed E-state index contributed by atoms with van der Waals surface area (Å²) in [5, 5.41) is 3.19. The van der Waals surface area contributed by atoms with E-state index in [1.165, 1.54) is 14.2 Å². The lowest BCUT2D eigenvalue weighted by Crippen LogP contribution is -2.15. The molecule has 0 aliphatic heterocycles. The van der Waals surface area contributed by atoms with Crippen LogP contribution in [0.3, 0.4) is 0 Å². The van der Waals surface area contributed by atoms with Crippen molar-refractivity contribution in [1.82, 2.24) is 0 Å². The van der Waals surface area contributed by atoms with Crippen molar-refractivity contribution in [2.24, 2.45) is 0 Å². The lowest BCUT2D eigenvalue weighted by molar-refractivity contribution is 0.102. The highest BCUT2D eigenvalue weighted by molar-refractivity contribution is 6.32. The summed E-state index contributed by atoms with van der Waals surface area (Å²) in [7, 11) is 4.60. The summed E-state index contributed by atoms with van der Waals surface area (Å²) < 4.78 is 21.0. The maximum atomic E-state index is 12.7. The van der Waals surface area contributed by atoms with Gasteiger partial charge in [0.25, 0.3) is 5.91 Å².